The number of H-pyrrole nitrogens is 1. The van der Waals surface area contributed by atoms with Gasteiger partial charge >= 0.3 is 5.69 Å². The Bertz CT molecular complexity index is 429. The molecule has 0 spiro atoms. The molecule has 1 aromatic rings. The van der Waals surface area contributed by atoms with Gasteiger partial charge in [-0.1, -0.05) is 0 Å². The molecule has 14 heavy (non-hydrogen) atoms. The molecular weight excluding hydrogens is 200 g/mol. The fraction of sp³-hybridized carbons (Fsp3) is 0.167. The number of nitrogens with one attached hydrogen (secondary N) is 1. The van der Waals surface area contributed by atoms with E-state index < -0.39 is 34.0 Å². The zero-order valence-corrected chi connectivity index (χ0v) is 6.66. The van der Waals surface area contributed by atoms with E-state index in [1.54, 1.807) is 4.98 Å². The summed E-state index contributed by atoms with van der Waals surface area (Å²) in [6.07, 6.45) is -3.07. The second-order valence-corrected chi connectivity index (χ2v) is 2.41. The maximum absolute atomic E-state index is 12.1. The summed E-state index contributed by atoms with van der Waals surface area (Å²) in [5, 5.41) is 10.3. The molecule has 0 saturated carbocycles. The number of anilines is 1. The molecule has 0 aromatic carbocycles. The Morgan fingerprint density at radius 1 is 1.57 bits per heavy atom. The number of hydrogen-bond acceptors (Lipinski definition) is 4. The first kappa shape index (κ1) is 10.1. The quantitative estimate of drug-likeness (QED) is 0.550. The van der Waals surface area contributed by atoms with E-state index in [9.17, 15) is 23.7 Å². The van der Waals surface area contributed by atoms with Crippen molar-refractivity contribution in [3.05, 3.63) is 32.1 Å². The lowest BCUT2D eigenvalue weighted by atomic mass is 10.2. The first-order chi connectivity index (χ1) is 6.43. The Kier molecular flexibility index (Phi) is 2.45. The van der Waals surface area contributed by atoms with Crippen LogP contribution in [0.25, 0.3) is 0 Å². The third kappa shape index (κ3) is 1.68. The van der Waals surface area contributed by atoms with E-state index in [2.05, 4.69) is 0 Å². The lowest BCUT2D eigenvalue weighted by molar-refractivity contribution is -0.384. The molecule has 0 saturated heterocycles. The van der Waals surface area contributed by atoms with Crippen LogP contribution in [0, 0.1) is 10.1 Å². The van der Waals surface area contributed by atoms with Crippen molar-refractivity contribution < 1.29 is 13.7 Å². The van der Waals surface area contributed by atoms with Crippen LogP contribution in [0.4, 0.5) is 20.3 Å². The number of nitro groups is 1. The van der Waals surface area contributed by atoms with Crippen LogP contribution in [-0.4, -0.2) is 9.91 Å². The van der Waals surface area contributed by atoms with Crippen LogP contribution in [0.5, 0.6) is 0 Å². The molecule has 1 heterocycles. The molecule has 0 aliphatic heterocycles. The number of hydrogen-bond donors (Lipinski definition) is 2. The van der Waals surface area contributed by atoms with E-state index in [-0.39, 0.29) is 0 Å². The van der Waals surface area contributed by atoms with Crippen molar-refractivity contribution in [1.29, 1.82) is 0 Å². The molecular formula is C6H5F2N3O3. The van der Waals surface area contributed by atoms with Gasteiger partial charge in [-0.05, 0) is 0 Å². The van der Waals surface area contributed by atoms with Crippen molar-refractivity contribution in [3.63, 3.8) is 0 Å². The highest BCUT2D eigenvalue weighted by Gasteiger charge is 2.20. The summed E-state index contributed by atoms with van der Waals surface area (Å²) < 4.78 is 24.2. The molecule has 0 bridgehead atoms. The molecule has 0 radical (unpaired) electrons. The predicted molar refractivity (Wildman–Crippen MR) is 43.1 cm³/mol. The summed E-state index contributed by atoms with van der Waals surface area (Å²) in [4.78, 5) is 21.9. The number of aromatic nitrogens is 1. The molecule has 0 aliphatic rings. The Labute approximate surface area is 75.5 Å². The van der Waals surface area contributed by atoms with Gasteiger partial charge in [-0.3, -0.25) is 14.9 Å². The fourth-order valence-corrected chi connectivity index (χ4v) is 0.862. The first-order valence-electron chi connectivity index (χ1n) is 3.38. The smallest absolute Gasteiger partial charge is 0.309 e. The number of aromatic amines is 1. The zero-order chi connectivity index (χ0) is 10.9. The van der Waals surface area contributed by atoms with Gasteiger partial charge in [0.1, 0.15) is 0 Å². The maximum atomic E-state index is 12.1. The van der Waals surface area contributed by atoms with Gasteiger partial charge in [-0.2, -0.15) is 0 Å². The number of pyridine rings is 1. The molecule has 0 atom stereocenters. The number of rotatable bonds is 2. The van der Waals surface area contributed by atoms with Crippen LogP contribution in [-0.2, 0) is 0 Å². The minimum atomic E-state index is -3.07. The molecule has 0 fully saturated rings. The summed E-state index contributed by atoms with van der Waals surface area (Å²) in [5.41, 5.74) is 2.22. The van der Waals surface area contributed by atoms with Gasteiger partial charge < -0.3 is 10.7 Å². The Hall–Kier alpha value is -1.99. The molecule has 0 amide bonds. The van der Waals surface area contributed by atoms with Gasteiger partial charge in [-0.15, -0.1) is 0 Å². The Morgan fingerprint density at radius 2 is 2.14 bits per heavy atom. The van der Waals surface area contributed by atoms with E-state index in [0.29, 0.717) is 6.07 Å². The van der Waals surface area contributed by atoms with Gasteiger partial charge in [0.2, 0.25) is 0 Å². The van der Waals surface area contributed by atoms with Crippen molar-refractivity contribution in [2.75, 3.05) is 5.73 Å². The molecule has 76 valence electrons. The van der Waals surface area contributed by atoms with Crippen molar-refractivity contribution >= 4 is 11.5 Å². The van der Waals surface area contributed by atoms with Crippen LogP contribution < -0.4 is 11.3 Å². The summed E-state index contributed by atoms with van der Waals surface area (Å²) >= 11 is 0. The minimum absolute atomic E-state index is 0.471. The minimum Gasteiger partial charge on any atom is -0.379 e. The summed E-state index contributed by atoms with van der Waals surface area (Å²) in [6, 6.07) is 0.471. The number of nitrogens with two attached hydrogens (primary N) is 1. The normalized spacial score (nSPS) is 10.5. The van der Waals surface area contributed by atoms with Gasteiger partial charge in [-0.25, -0.2) is 8.78 Å². The average Bonchev–Trinajstić information content (AvgIpc) is 2.02. The SMILES string of the molecule is Nc1[nH]c(=O)c(C(F)F)cc1[N+](=O)[O-]. The van der Waals surface area contributed by atoms with Crippen LogP contribution in [0.3, 0.4) is 0 Å². The average molecular weight is 205 g/mol. The number of nitrogens with zero attached hydrogens (tertiary/aromatic N) is 1. The highest BCUT2D eigenvalue weighted by molar-refractivity contribution is 5.53. The van der Waals surface area contributed by atoms with E-state index in [4.69, 9.17) is 5.73 Å². The topological polar surface area (TPSA) is 102 Å². The third-order valence-corrected chi connectivity index (χ3v) is 1.51. The molecule has 6 nitrogen and oxygen atoms in total. The highest BCUT2D eigenvalue weighted by Crippen LogP contribution is 2.22. The number of nitrogen functional groups attached to an aromatic ring is 1. The van der Waals surface area contributed by atoms with Gasteiger partial charge in [0.15, 0.2) is 5.82 Å². The second-order valence-electron chi connectivity index (χ2n) is 2.41. The fourth-order valence-electron chi connectivity index (χ4n) is 0.862. The summed E-state index contributed by atoms with van der Waals surface area (Å²) in [6.45, 7) is 0. The monoisotopic (exact) mass is 205 g/mol. The van der Waals surface area contributed by atoms with Gasteiger partial charge in [0.25, 0.3) is 12.0 Å². The molecule has 1 rings (SSSR count). The predicted octanol–water partition coefficient (Wildman–Crippen LogP) is 0.803. The number of halogens is 2. The van der Waals surface area contributed by atoms with Crippen molar-refractivity contribution in [2.45, 2.75) is 6.43 Å². The van der Waals surface area contributed by atoms with Crippen molar-refractivity contribution in [2.24, 2.45) is 0 Å². The lowest BCUT2D eigenvalue weighted by Crippen LogP contribution is -2.16. The van der Waals surface area contributed by atoms with Crippen LogP contribution >= 0.6 is 0 Å². The Balaban J connectivity index is 3.42. The summed E-state index contributed by atoms with van der Waals surface area (Å²) in [5.74, 6) is -0.538. The van der Waals surface area contributed by atoms with Crippen LogP contribution in [0.15, 0.2) is 10.9 Å². The van der Waals surface area contributed by atoms with E-state index in [1.165, 1.54) is 0 Å². The van der Waals surface area contributed by atoms with Crippen molar-refractivity contribution in [1.82, 2.24) is 4.98 Å². The standard InChI is InChI=1S/C6H5F2N3O3/c7-4(8)2-1-3(11(13)14)5(9)10-6(2)12/h1,4H,(H3,9,10,12). The molecule has 1 aromatic heterocycles. The van der Waals surface area contributed by atoms with Gasteiger partial charge in [0.05, 0.1) is 10.5 Å². The van der Waals surface area contributed by atoms with Gasteiger partial charge in [0, 0.05) is 6.07 Å². The first-order valence-corrected chi connectivity index (χ1v) is 3.38. The highest BCUT2D eigenvalue weighted by atomic mass is 19.3. The molecule has 0 unspecified atom stereocenters. The van der Waals surface area contributed by atoms with E-state index >= 15 is 0 Å². The second kappa shape index (κ2) is 3.40. The number of alkyl halides is 2. The zero-order valence-electron chi connectivity index (χ0n) is 6.66. The molecule has 8 heteroatoms. The Morgan fingerprint density at radius 3 is 2.57 bits per heavy atom. The summed E-state index contributed by atoms with van der Waals surface area (Å²) in [7, 11) is 0. The van der Waals surface area contributed by atoms with E-state index in [0.717, 1.165) is 0 Å². The lowest BCUT2D eigenvalue weighted by Gasteiger charge is -2.00. The third-order valence-electron chi connectivity index (χ3n) is 1.51. The van der Waals surface area contributed by atoms with Crippen LogP contribution in [0.1, 0.15) is 12.0 Å². The maximum Gasteiger partial charge on any atom is 0.309 e. The van der Waals surface area contributed by atoms with E-state index in [1.807, 2.05) is 0 Å². The van der Waals surface area contributed by atoms with Crippen molar-refractivity contribution in [3.8, 4) is 0 Å². The van der Waals surface area contributed by atoms with Crippen LogP contribution in [0.2, 0.25) is 0 Å². The largest absolute Gasteiger partial charge is 0.379 e. The molecule has 0 aliphatic carbocycles. The molecule has 3 N–H and O–H groups in total.